The van der Waals surface area contributed by atoms with Crippen molar-refractivity contribution in [2.45, 2.75) is 6.61 Å². The highest BCUT2D eigenvalue weighted by Crippen LogP contribution is 2.38. The highest BCUT2D eigenvalue weighted by atomic mass is 79.9. The van der Waals surface area contributed by atoms with Crippen molar-refractivity contribution in [3.05, 3.63) is 22.4 Å². The topological polar surface area (TPSA) is 47.6 Å². The summed E-state index contributed by atoms with van der Waals surface area (Å²) in [7, 11) is 0. The second-order valence-corrected chi connectivity index (χ2v) is 3.89. The average Bonchev–Trinajstić information content (AvgIpc) is 2.28. The van der Waals surface area contributed by atoms with E-state index in [9.17, 15) is 13.2 Å². The number of nitrogens with zero attached hydrogens (tertiary/aromatic N) is 1. The molecule has 1 aromatic rings. The van der Waals surface area contributed by atoms with Crippen LogP contribution in [-0.2, 0) is 0 Å². The first-order valence-electron chi connectivity index (χ1n) is 4.27. The number of benzene rings is 1. The van der Waals surface area contributed by atoms with Crippen LogP contribution < -0.4 is 10.5 Å². The predicted octanol–water partition coefficient (Wildman–Crippen LogP) is 3.42. The normalized spacial score (nSPS) is 12.0. The molecule has 0 unspecified atom stereocenters. The minimum Gasteiger partial charge on any atom is -0.431 e. The van der Waals surface area contributed by atoms with Gasteiger partial charge in [0.05, 0.1) is 10.4 Å². The summed E-state index contributed by atoms with van der Waals surface area (Å²) in [6.07, 6.45) is 0. The molecule has 0 bridgehead atoms. The summed E-state index contributed by atoms with van der Waals surface area (Å²) in [5, 5.41) is 0. The van der Waals surface area contributed by atoms with E-state index in [0.717, 1.165) is 12.1 Å². The van der Waals surface area contributed by atoms with Gasteiger partial charge in [-0.25, -0.2) is 9.38 Å². The van der Waals surface area contributed by atoms with Gasteiger partial charge >= 0.3 is 6.61 Å². The van der Waals surface area contributed by atoms with Crippen LogP contribution >= 0.6 is 27.5 Å². The molecular formula is C9H7BrClF3N2O. The van der Waals surface area contributed by atoms with Crippen molar-refractivity contribution in [1.29, 1.82) is 0 Å². The van der Waals surface area contributed by atoms with E-state index in [-0.39, 0.29) is 21.9 Å². The summed E-state index contributed by atoms with van der Waals surface area (Å²) < 4.78 is 41.4. The number of hydrogen-bond donors (Lipinski definition) is 1. The standard InChI is InChI=1S/C9H7BrClF3N2O/c10-7-4(12)1-2-5(16-6(15)3-11)8(7)17-9(13)14/h1-2,9H,3H2,(H2,15,16). The lowest BCUT2D eigenvalue weighted by Crippen LogP contribution is -2.12. The fourth-order valence-corrected chi connectivity index (χ4v) is 1.48. The van der Waals surface area contributed by atoms with Gasteiger partial charge in [-0.1, -0.05) is 0 Å². The molecule has 94 valence electrons. The van der Waals surface area contributed by atoms with Crippen molar-refractivity contribution in [2.24, 2.45) is 10.7 Å². The summed E-state index contributed by atoms with van der Waals surface area (Å²) in [6.45, 7) is -3.10. The van der Waals surface area contributed by atoms with Crippen LogP contribution in [0.1, 0.15) is 0 Å². The molecule has 1 rings (SSSR count). The Morgan fingerprint density at radius 2 is 2.18 bits per heavy atom. The number of ether oxygens (including phenoxy) is 1. The molecule has 2 N–H and O–H groups in total. The Bertz CT molecular complexity index is 442. The van der Waals surface area contributed by atoms with Crippen LogP contribution in [0.4, 0.5) is 18.9 Å². The minimum atomic E-state index is -3.10. The Morgan fingerprint density at radius 3 is 2.71 bits per heavy atom. The third-order valence-electron chi connectivity index (χ3n) is 1.64. The first-order valence-corrected chi connectivity index (χ1v) is 5.60. The van der Waals surface area contributed by atoms with Gasteiger partial charge in [-0.05, 0) is 28.1 Å². The quantitative estimate of drug-likeness (QED) is 0.522. The van der Waals surface area contributed by atoms with Gasteiger partial charge in [0.1, 0.15) is 17.3 Å². The second kappa shape index (κ2) is 6.11. The fourth-order valence-electron chi connectivity index (χ4n) is 0.996. The summed E-state index contributed by atoms with van der Waals surface area (Å²) in [6, 6.07) is 2.21. The molecule has 0 aromatic heterocycles. The third-order valence-corrected chi connectivity index (χ3v) is 2.65. The van der Waals surface area contributed by atoms with Crippen molar-refractivity contribution in [2.75, 3.05) is 5.88 Å². The lowest BCUT2D eigenvalue weighted by atomic mass is 10.3. The molecule has 1 aromatic carbocycles. The molecule has 0 aliphatic rings. The van der Waals surface area contributed by atoms with Crippen LogP contribution in [0.15, 0.2) is 21.6 Å². The summed E-state index contributed by atoms with van der Waals surface area (Å²) in [5.41, 5.74) is 5.33. The van der Waals surface area contributed by atoms with E-state index in [4.69, 9.17) is 17.3 Å². The molecule has 0 saturated heterocycles. The van der Waals surface area contributed by atoms with Gasteiger partial charge in [-0.3, -0.25) is 0 Å². The lowest BCUT2D eigenvalue weighted by Gasteiger charge is -2.10. The predicted molar refractivity (Wildman–Crippen MR) is 62.7 cm³/mol. The Balaban J connectivity index is 3.25. The van der Waals surface area contributed by atoms with E-state index in [1.807, 2.05) is 0 Å². The van der Waals surface area contributed by atoms with Crippen molar-refractivity contribution < 1.29 is 17.9 Å². The van der Waals surface area contributed by atoms with E-state index < -0.39 is 18.2 Å². The maximum Gasteiger partial charge on any atom is 0.387 e. The van der Waals surface area contributed by atoms with Crippen LogP contribution in [0.25, 0.3) is 0 Å². The molecule has 0 aliphatic heterocycles. The number of hydrogen-bond acceptors (Lipinski definition) is 2. The number of amidine groups is 1. The van der Waals surface area contributed by atoms with Crippen molar-refractivity contribution in [3.63, 3.8) is 0 Å². The van der Waals surface area contributed by atoms with E-state index in [1.54, 1.807) is 0 Å². The summed E-state index contributed by atoms with van der Waals surface area (Å²) >= 11 is 8.20. The van der Waals surface area contributed by atoms with Crippen molar-refractivity contribution in [3.8, 4) is 5.75 Å². The highest BCUT2D eigenvalue weighted by Gasteiger charge is 2.16. The zero-order chi connectivity index (χ0) is 13.0. The number of halogens is 5. The van der Waals surface area contributed by atoms with E-state index in [2.05, 4.69) is 25.7 Å². The molecule has 0 radical (unpaired) electrons. The van der Waals surface area contributed by atoms with Gasteiger partial charge < -0.3 is 10.5 Å². The lowest BCUT2D eigenvalue weighted by molar-refractivity contribution is -0.0501. The largest absolute Gasteiger partial charge is 0.431 e. The fraction of sp³-hybridized carbons (Fsp3) is 0.222. The van der Waals surface area contributed by atoms with Crippen LogP contribution in [0, 0.1) is 5.82 Å². The highest BCUT2D eigenvalue weighted by molar-refractivity contribution is 9.10. The maximum absolute atomic E-state index is 13.2. The average molecular weight is 332 g/mol. The zero-order valence-corrected chi connectivity index (χ0v) is 10.6. The monoisotopic (exact) mass is 330 g/mol. The number of rotatable bonds is 4. The smallest absolute Gasteiger partial charge is 0.387 e. The number of aliphatic imine (C=N–C) groups is 1. The van der Waals surface area contributed by atoms with Crippen LogP contribution in [0.2, 0.25) is 0 Å². The molecule has 0 atom stereocenters. The van der Waals surface area contributed by atoms with Gasteiger partial charge in [0, 0.05) is 0 Å². The SMILES string of the molecule is NC(CCl)=Nc1ccc(F)c(Br)c1OC(F)F. The Labute approximate surface area is 109 Å². The van der Waals surface area contributed by atoms with Crippen molar-refractivity contribution in [1.82, 2.24) is 0 Å². The van der Waals surface area contributed by atoms with Crippen molar-refractivity contribution >= 4 is 39.1 Å². The van der Waals surface area contributed by atoms with Gasteiger partial charge in [0.25, 0.3) is 0 Å². The molecule has 3 nitrogen and oxygen atoms in total. The van der Waals surface area contributed by atoms with Gasteiger partial charge in [0.15, 0.2) is 5.75 Å². The molecule has 0 spiro atoms. The number of nitrogens with two attached hydrogens (primary N) is 1. The van der Waals surface area contributed by atoms with Gasteiger partial charge in [-0.2, -0.15) is 8.78 Å². The molecular weight excluding hydrogens is 324 g/mol. The minimum absolute atomic E-state index is 0.00397. The van der Waals surface area contributed by atoms with Gasteiger partial charge in [0.2, 0.25) is 0 Å². The molecule has 0 amide bonds. The molecule has 8 heteroatoms. The Morgan fingerprint density at radius 1 is 1.53 bits per heavy atom. The summed E-state index contributed by atoms with van der Waals surface area (Å²) in [5.74, 6) is -1.25. The second-order valence-electron chi connectivity index (χ2n) is 2.82. The first kappa shape index (κ1) is 14.1. The molecule has 0 heterocycles. The van der Waals surface area contributed by atoms with Crippen LogP contribution in [-0.4, -0.2) is 18.3 Å². The van der Waals surface area contributed by atoms with E-state index >= 15 is 0 Å². The van der Waals surface area contributed by atoms with E-state index in [1.165, 1.54) is 0 Å². The molecule has 0 fully saturated rings. The summed E-state index contributed by atoms with van der Waals surface area (Å²) in [4.78, 5) is 3.74. The molecule has 17 heavy (non-hydrogen) atoms. The zero-order valence-electron chi connectivity index (χ0n) is 8.26. The molecule has 0 aliphatic carbocycles. The van der Waals surface area contributed by atoms with Crippen LogP contribution in [0.3, 0.4) is 0 Å². The molecule has 0 saturated carbocycles. The Kier molecular flexibility index (Phi) is 5.07. The van der Waals surface area contributed by atoms with E-state index in [0.29, 0.717) is 0 Å². The van der Waals surface area contributed by atoms with Crippen LogP contribution in [0.5, 0.6) is 5.75 Å². The van der Waals surface area contributed by atoms with Gasteiger partial charge in [-0.15, -0.1) is 11.6 Å². The number of alkyl halides is 3. The first-order chi connectivity index (χ1) is 7.95. The Hall–Kier alpha value is -0.950. The third kappa shape index (κ3) is 3.78. The maximum atomic E-state index is 13.2.